The van der Waals surface area contributed by atoms with E-state index in [2.05, 4.69) is 23.3 Å². The topological polar surface area (TPSA) is 34.2 Å². The van der Waals surface area contributed by atoms with Gasteiger partial charge in [-0.3, -0.25) is 4.98 Å². The Labute approximate surface area is 97.2 Å². The van der Waals surface area contributed by atoms with Gasteiger partial charge in [0.1, 0.15) is 0 Å². The Hall–Kier alpha value is -0.930. The lowest BCUT2D eigenvalue weighted by atomic mass is 9.92. The Morgan fingerprint density at radius 1 is 1.44 bits per heavy atom. The summed E-state index contributed by atoms with van der Waals surface area (Å²) in [4.78, 5) is 4.12. The van der Waals surface area contributed by atoms with E-state index >= 15 is 0 Å². The van der Waals surface area contributed by atoms with Crippen LogP contribution in [0.4, 0.5) is 0 Å². The SMILES string of the molecule is CC1(NCCc2cccnc2)CCOCC1. The molecule has 1 aliphatic heterocycles. The summed E-state index contributed by atoms with van der Waals surface area (Å²) in [6, 6.07) is 4.12. The maximum Gasteiger partial charge on any atom is 0.0483 e. The first-order valence-electron chi connectivity index (χ1n) is 6.00. The minimum absolute atomic E-state index is 0.264. The lowest BCUT2D eigenvalue weighted by Crippen LogP contribution is -2.47. The van der Waals surface area contributed by atoms with Crippen molar-refractivity contribution in [3.63, 3.8) is 0 Å². The second kappa shape index (κ2) is 5.41. The van der Waals surface area contributed by atoms with Crippen molar-refractivity contribution in [3.8, 4) is 0 Å². The van der Waals surface area contributed by atoms with E-state index in [9.17, 15) is 0 Å². The summed E-state index contributed by atoms with van der Waals surface area (Å²) in [6.07, 6.45) is 7.02. The van der Waals surface area contributed by atoms with Gasteiger partial charge in [0.25, 0.3) is 0 Å². The molecule has 1 aromatic rings. The molecule has 0 atom stereocenters. The van der Waals surface area contributed by atoms with E-state index in [4.69, 9.17) is 4.74 Å². The van der Waals surface area contributed by atoms with Crippen molar-refractivity contribution < 1.29 is 4.74 Å². The van der Waals surface area contributed by atoms with Gasteiger partial charge in [0.2, 0.25) is 0 Å². The van der Waals surface area contributed by atoms with Gasteiger partial charge < -0.3 is 10.1 Å². The second-order valence-corrected chi connectivity index (χ2v) is 4.71. The first kappa shape index (κ1) is 11.6. The third-order valence-corrected chi connectivity index (χ3v) is 3.28. The van der Waals surface area contributed by atoms with Gasteiger partial charge in [-0.15, -0.1) is 0 Å². The van der Waals surface area contributed by atoms with Crippen LogP contribution in [0.25, 0.3) is 0 Å². The van der Waals surface area contributed by atoms with Gasteiger partial charge in [-0.05, 0) is 44.4 Å². The quantitative estimate of drug-likeness (QED) is 0.840. The fourth-order valence-electron chi connectivity index (χ4n) is 2.05. The zero-order valence-corrected chi connectivity index (χ0v) is 9.91. The van der Waals surface area contributed by atoms with Crippen LogP contribution in [0.3, 0.4) is 0 Å². The predicted octanol–water partition coefficient (Wildman–Crippen LogP) is 1.78. The number of ether oxygens (including phenoxy) is 1. The van der Waals surface area contributed by atoms with Crippen LogP contribution < -0.4 is 5.32 Å². The highest BCUT2D eigenvalue weighted by atomic mass is 16.5. The van der Waals surface area contributed by atoms with Crippen molar-refractivity contribution in [2.45, 2.75) is 31.7 Å². The molecule has 2 heterocycles. The first-order valence-corrected chi connectivity index (χ1v) is 6.00. The lowest BCUT2D eigenvalue weighted by molar-refractivity contribution is 0.0456. The van der Waals surface area contributed by atoms with Crippen LogP contribution in [0, 0.1) is 0 Å². The largest absolute Gasteiger partial charge is 0.381 e. The third kappa shape index (κ3) is 3.29. The molecule has 0 spiro atoms. The Balaban J connectivity index is 1.75. The Morgan fingerprint density at radius 3 is 2.94 bits per heavy atom. The van der Waals surface area contributed by atoms with Crippen molar-refractivity contribution in [2.24, 2.45) is 0 Å². The van der Waals surface area contributed by atoms with Crippen LogP contribution in [0.2, 0.25) is 0 Å². The van der Waals surface area contributed by atoms with Gasteiger partial charge in [0.15, 0.2) is 0 Å². The number of hydrogen-bond acceptors (Lipinski definition) is 3. The summed E-state index contributed by atoms with van der Waals surface area (Å²) >= 11 is 0. The molecule has 88 valence electrons. The van der Waals surface area contributed by atoms with Crippen LogP contribution in [0.5, 0.6) is 0 Å². The van der Waals surface area contributed by atoms with Crippen LogP contribution in [-0.4, -0.2) is 30.3 Å². The van der Waals surface area contributed by atoms with E-state index in [1.165, 1.54) is 5.56 Å². The first-order chi connectivity index (χ1) is 7.79. The molecule has 3 heteroatoms. The fraction of sp³-hybridized carbons (Fsp3) is 0.615. The standard InChI is InChI=1S/C13H20N2O/c1-13(5-9-16-10-6-13)15-8-4-12-3-2-7-14-11-12/h2-3,7,11,15H,4-6,8-10H2,1H3. The van der Waals surface area contributed by atoms with E-state index in [0.717, 1.165) is 39.0 Å². The molecule has 0 unspecified atom stereocenters. The summed E-state index contributed by atoms with van der Waals surface area (Å²) in [6.45, 7) is 5.08. The van der Waals surface area contributed by atoms with E-state index in [1.54, 1.807) is 0 Å². The van der Waals surface area contributed by atoms with Crippen LogP contribution in [0.15, 0.2) is 24.5 Å². The number of hydrogen-bond donors (Lipinski definition) is 1. The number of nitrogens with one attached hydrogen (secondary N) is 1. The van der Waals surface area contributed by atoms with Crippen molar-refractivity contribution in [2.75, 3.05) is 19.8 Å². The fourth-order valence-corrected chi connectivity index (χ4v) is 2.05. The summed E-state index contributed by atoms with van der Waals surface area (Å²) in [5, 5.41) is 3.64. The van der Waals surface area contributed by atoms with Gasteiger partial charge in [-0.1, -0.05) is 6.07 Å². The number of rotatable bonds is 4. The molecule has 0 radical (unpaired) electrons. The molecule has 0 amide bonds. The number of nitrogens with zero attached hydrogens (tertiary/aromatic N) is 1. The average Bonchev–Trinajstić information content (AvgIpc) is 2.31. The zero-order valence-electron chi connectivity index (χ0n) is 9.91. The molecule has 3 nitrogen and oxygen atoms in total. The average molecular weight is 220 g/mol. The molecule has 2 rings (SSSR count). The van der Waals surface area contributed by atoms with Gasteiger partial charge >= 0.3 is 0 Å². The summed E-state index contributed by atoms with van der Waals surface area (Å²) < 4.78 is 5.38. The van der Waals surface area contributed by atoms with Gasteiger partial charge in [-0.25, -0.2) is 0 Å². The highest BCUT2D eigenvalue weighted by molar-refractivity contribution is 5.08. The molecule has 1 aliphatic rings. The number of aromatic nitrogens is 1. The van der Waals surface area contributed by atoms with Crippen LogP contribution in [0.1, 0.15) is 25.3 Å². The van der Waals surface area contributed by atoms with Crippen LogP contribution in [-0.2, 0) is 11.2 Å². The summed E-state index contributed by atoms with van der Waals surface area (Å²) in [5.41, 5.74) is 1.56. The zero-order chi connectivity index (χ0) is 11.3. The summed E-state index contributed by atoms with van der Waals surface area (Å²) in [5.74, 6) is 0. The van der Waals surface area contributed by atoms with Crippen molar-refractivity contribution in [1.82, 2.24) is 10.3 Å². The Bertz CT molecular complexity index is 307. The monoisotopic (exact) mass is 220 g/mol. The second-order valence-electron chi connectivity index (χ2n) is 4.71. The molecule has 0 saturated carbocycles. The molecule has 1 fully saturated rings. The molecule has 1 saturated heterocycles. The maximum atomic E-state index is 5.38. The lowest BCUT2D eigenvalue weighted by Gasteiger charge is -2.34. The summed E-state index contributed by atoms with van der Waals surface area (Å²) in [7, 11) is 0. The minimum atomic E-state index is 0.264. The molecule has 1 aromatic heterocycles. The number of pyridine rings is 1. The van der Waals surface area contributed by atoms with Crippen molar-refractivity contribution in [1.29, 1.82) is 0 Å². The van der Waals surface area contributed by atoms with E-state index in [1.807, 2.05) is 18.5 Å². The molecule has 0 aromatic carbocycles. The van der Waals surface area contributed by atoms with E-state index in [-0.39, 0.29) is 5.54 Å². The molecule has 1 N–H and O–H groups in total. The molecular weight excluding hydrogens is 200 g/mol. The molecule has 16 heavy (non-hydrogen) atoms. The highest BCUT2D eigenvalue weighted by Crippen LogP contribution is 2.19. The predicted molar refractivity (Wildman–Crippen MR) is 64.4 cm³/mol. The Kier molecular flexibility index (Phi) is 3.91. The molecular formula is C13H20N2O. The minimum Gasteiger partial charge on any atom is -0.381 e. The normalized spacial score (nSPS) is 19.6. The van der Waals surface area contributed by atoms with Crippen molar-refractivity contribution >= 4 is 0 Å². The Morgan fingerprint density at radius 2 is 2.25 bits per heavy atom. The molecule has 0 aliphatic carbocycles. The molecule has 0 bridgehead atoms. The van der Waals surface area contributed by atoms with E-state index < -0.39 is 0 Å². The van der Waals surface area contributed by atoms with Crippen LogP contribution >= 0.6 is 0 Å². The van der Waals surface area contributed by atoms with Crippen molar-refractivity contribution in [3.05, 3.63) is 30.1 Å². The third-order valence-electron chi connectivity index (χ3n) is 3.28. The highest BCUT2D eigenvalue weighted by Gasteiger charge is 2.25. The van der Waals surface area contributed by atoms with Gasteiger partial charge in [-0.2, -0.15) is 0 Å². The smallest absolute Gasteiger partial charge is 0.0483 e. The van der Waals surface area contributed by atoms with Gasteiger partial charge in [0, 0.05) is 31.1 Å². The van der Waals surface area contributed by atoms with E-state index in [0.29, 0.717) is 0 Å². The maximum absolute atomic E-state index is 5.38. The van der Waals surface area contributed by atoms with Gasteiger partial charge in [0.05, 0.1) is 0 Å².